The number of rotatable bonds is 3. The molecular formula is C10H10F2N2O. The zero-order valence-corrected chi connectivity index (χ0v) is 7.89. The number of carbonyl (C=O) groups excluding carboxylic acids is 1. The molecule has 0 radical (unpaired) electrons. The standard InChI is InChI=1S/C10H10F2N2O/c1-2-5-13-10(15)14-9-6-7(11)3-4-8(9)12/h2-4,6H,1,5H2,(H2,13,14,15). The van der Waals surface area contributed by atoms with Gasteiger partial charge in [0.05, 0.1) is 5.69 Å². The fourth-order valence-electron chi connectivity index (χ4n) is 0.925. The Labute approximate surface area is 85.8 Å². The van der Waals surface area contributed by atoms with Gasteiger partial charge in [0, 0.05) is 12.6 Å². The second-order valence-electron chi connectivity index (χ2n) is 2.75. The van der Waals surface area contributed by atoms with E-state index in [1.807, 2.05) is 0 Å². The number of urea groups is 1. The summed E-state index contributed by atoms with van der Waals surface area (Å²) in [5.41, 5.74) is -0.198. The Morgan fingerprint density at radius 1 is 1.47 bits per heavy atom. The second kappa shape index (κ2) is 5.09. The molecule has 0 aromatic heterocycles. The first-order chi connectivity index (χ1) is 7.13. The third-order valence-electron chi connectivity index (χ3n) is 1.58. The van der Waals surface area contributed by atoms with E-state index in [0.29, 0.717) is 0 Å². The minimum absolute atomic E-state index is 0.198. The van der Waals surface area contributed by atoms with Gasteiger partial charge >= 0.3 is 6.03 Å². The number of hydrogen-bond acceptors (Lipinski definition) is 1. The predicted molar refractivity (Wildman–Crippen MR) is 53.6 cm³/mol. The lowest BCUT2D eigenvalue weighted by atomic mass is 10.3. The van der Waals surface area contributed by atoms with E-state index in [0.717, 1.165) is 18.2 Å². The maximum Gasteiger partial charge on any atom is 0.319 e. The predicted octanol–water partition coefficient (Wildman–Crippen LogP) is 2.27. The topological polar surface area (TPSA) is 41.1 Å². The Bertz CT molecular complexity index is 380. The van der Waals surface area contributed by atoms with Crippen molar-refractivity contribution in [1.29, 1.82) is 0 Å². The van der Waals surface area contributed by atoms with Crippen molar-refractivity contribution >= 4 is 11.7 Å². The summed E-state index contributed by atoms with van der Waals surface area (Å²) in [4.78, 5) is 11.1. The summed E-state index contributed by atoms with van der Waals surface area (Å²) < 4.78 is 25.7. The summed E-state index contributed by atoms with van der Waals surface area (Å²) in [5.74, 6) is -1.31. The minimum Gasteiger partial charge on any atom is -0.334 e. The molecule has 0 spiro atoms. The Morgan fingerprint density at radius 3 is 2.87 bits per heavy atom. The summed E-state index contributed by atoms with van der Waals surface area (Å²) in [7, 11) is 0. The molecule has 0 aliphatic rings. The molecule has 0 saturated carbocycles. The summed E-state index contributed by atoms with van der Waals surface area (Å²) >= 11 is 0. The van der Waals surface area contributed by atoms with E-state index in [-0.39, 0.29) is 12.2 Å². The highest BCUT2D eigenvalue weighted by Crippen LogP contribution is 2.14. The van der Waals surface area contributed by atoms with Crippen LogP contribution in [0.3, 0.4) is 0 Å². The van der Waals surface area contributed by atoms with Crippen LogP contribution < -0.4 is 10.6 Å². The van der Waals surface area contributed by atoms with Crippen molar-refractivity contribution in [2.75, 3.05) is 11.9 Å². The lowest BCUT2D eigenvalue weighted by Gasteiger charge is -2.06. The highest BCUT2D eigenvalue weighted by atomic mass is 19.1. The average Bonchev–Trinajstić information content (AvgIpc) is 2.20. The number of hydrogen-bond donors (Lipinski definition) is 2. The number of halogens is 2. The van der Waals surface area contributed by atoms with E-state index in [2.05, 4.69) is 17.2 Å². The van der Waals surface area contributed by atoms with Gasteiger partial charge in [0.25, 0.3) is 0 Å². The fourth-order valence-corrected chi connectivity index (χ4v) is 0.925. The van der Waals surface area contributed by atoms with Crippen molar-refractivity contribution in [3.63, 3.8) is 0 Å². The van der Waals surface area contributed by atoms with Crippen molar-refractivity contribution < 1.29 is 13.6 Å². The van der Waals surface area contributed by atoms with Crippen LogP contribution in [0.1, 0.15) is 0 Å². The molecule has 15 heavy (non-hydrogen) atoms. The molecular weight excluding hydrogens is 202 g/mol. The molecule has 1 aromatic carbocycles. The van der Waals surface area contributed by atoms with E-state index in [1.54, 1.807) is 0 Å². The summed E-state index contributed by atoms with van der Waals surface area (Å²) in [6.07, 6.45) is 1.47. The van der Waals surface area contributed by atoms with Crippen LogP contribution in [0, 0.1) is 11.6 Å². The lowest BCUT2D eigenvalue weighted by molar-refractivity contribution is 0.253. The number of benzene rings is 1. The van der Waals surface area contributed by atoms with E-state index >= 15 is 0 Å². The van der Waals surface area contributed by atoms with E-state index in [1.165, 1.54) is 6.08 Å². The van der Waals surface area contributed by atoms with Crippen LogP contribution in [0.4, 0.5) is 19.3 Å². The van der Waals surface area contributed by atoms with Crippen LogP contribution >= 0.6 is 0 Å². The molecule has 1 rings (SSSR count). The summed E-state index contributed by atoms with van der Waals surface area (Å²) in [5, 5.41) is 4.54. The van der Waals surface area contributed by atoms with Crippen LogP contribution in [0.5, 0.6) is 0 Å². The van der Waals surface area contributed by atoms with Crippen LogP contribution in [0.25, 0.3) is 0 Å². The minimum atomic E-state index is -0.690. The maximum atomic E-state index is 13.0. The highest BCUT2D eigenvalue weighted by molar-refractivity contribution is 5.89. The van der Waals surface area contributed by atoms with Gasteiger partial charge in [0.15, 0.2) is 0 Å². The molecule has 5 heteroatoms. The van der Waals surface area contributed by atoms with Gasteiger partial charge < -0.3 is 10.6 Å². The van der Waals surface area contributed by atoms with Gasteiger partial charge in [-0.3, -0.25) is 0 Å². The van der Waals surface area contributed by atoms with Crippen LogP contribution in [-0.2, 0) is 0 Å². The SMILES string of the molecule is C=CCNC(=O)Nc1cc(F)ccc1F. The van der Waals surface area contributed by atoms with Crippen molar-refractivity contribution in [2.45, 2.75) is 0 Å². The Balaban J connectivity index is 2.67. The Morgan fingerprint density at radius 2 is 2.20 bits per heavy atom. The molecule has 0 aliphatic carbocycles. The molecule has 0 unspecified atom stereocenters. The molecule has 0 atom stereocenters. The zero-order chi connectivity index (χ0) is 11.3. The number of anilines is 1. The summed E-state index contributed by atoms with van der Waals surface area (Å²) in [6.45, 7) is 3.65. The third-order valence-corrected chi connectivity index (χ3v) is 1.58. The van der Waals surface area contributed by atoms with Gasteiger partial charge in [-0.25, -0.2) is 13.6 Å². The van der Waals surface area contributed by atoms with E-state index < -0.39 is 17.7 Å². The molecule has 0 fully saturated rings. The first-order valence-electron chi connectivity index (χ1n) is 4.24. The van der Waals surface area contributed by atoms with Crippen molar-refractivity contribution in [3.8, 4) is 0 Å². The van der Waals surface area contributed by atoms with Gasteiger partial charge in [-0.1, -0.05) is 6.08 Å². The van der Waals surface area contributed by atoms with E-state index in [4.69, 9.17) is 0 Å². The largest absolute Gasteiger partial charge is 0.334 e. The van der Waals surface area contributed by atoms with E-state index in [9.17, 15) is 13.6 Å². The molecule has 3 nitrogen and oxygen atoms in total. The average molecular weight is 212 g/mol. The van der Waals surface area contributed by atoms with Crippen molar-refractivity contribution in [1.82, 2.24) is 5.32 Å². The van der Waals surface area contributed by atoms with Crippen molar-refractivity contribution in [2.24, 2.45) is 0 Å². The fraction of sp³-hybridized carbons (Fsp3) is 0.100. The van der Waals surface area contributed by atoms with Gasteiger partial charge in [0.1, 0.15) is 11.6 Å². The molecule has 80 valence electrons. The zero-order valence-electron chi connectivity index (χ0n) is 7.89. The smallest absolute Gasteiger partial charge is 0.319 e. The number of nitrogens with one attached hydrogen (secondary N) is 2. The first kappa shape index (κ1) is 11.2. The molecule has 0 heterocycles. The molecule has 2 N–H and O–H groups in total. The highest BCUT2D eigenvalue weighted by Gasteiger charge is 2.06. The number of amides is 2. The first-order valence-corrected chi connectivity index (χ1v) is 4.24. The number of carbonyl (C=O) groups is 1. The van der Waals surface area contributed by atoms with Gasteiger partial charge in [0.2, 0.25) is 0 Å². The Hall–Kier alpha value is -1.91. The molecule has 0 saturated heterocycles. The molecule has 2 amide bonds. The molecule has 0 bridgehead atoms. The monoisotopic (exact) mass is 212 g/mol. The van der Waals surface area contributed by atoms with Crippen LogP contribution in [0.15, 0.2) is 30.9 Å². The van der Waals surface area contributed by atoms with Crippen molar-refractivity contribution in [3.05, 3.63) is 42.5 Å². The maximum absolute atomic E-state index is 13.0. The lowest BCUT2D eigenvalue weighted by Crippen LogP contribution is -2.29. The quantitative estimate of drug-likeness (QED) is 0.741. The third kappa shape index (κ3) is 3.38. The molecule has 0 aliphatic heterocycles. The van der Waals surface area contributed by atoms with Gasteiger partial charge in [-0.15, -0.1) is 6.58 Å². The van der Waals surface area contributed by atoms with Crippen LogP contribution in [-0.4, -0.2) is 12.6 Å². The normalized spacial score (nSPS) is 9.47. The second-order valence-corrected chi connectivity index (χ2v) is 2.75. The van der Waals surface area contributed by atoms with Gasteiger partial charge in [-0.05, 0) is 12.1 Å². The Kier molecular flexibility index (Phi) is 3.79. The van der Waals surface area contributed by atoms with Crippen LogP contribution in [0.2, 0.25) is 0 Å². The summed E-state index contributed by atoms with van der Waals surface area (Å²) in [6, 6.07) is 2.21. The van der Waals surface area contributed by atoms with Gasteiger partial charge in [-0.2, -0.15) is 0 Å². The molecule has 1 aromatic rings.